The maximum atomic E-state index is 13.9. The molecule has 2 unspecified atom stereocenters. The number of ether oxygens (including phenoxy) is 1. The lowest BCUT2D eigenvalue weighted by atomic mass is 9.92. The van der Waals surface area contributed by atoms with E-state index in [9.17, 15) is 13.2 Å². The largest absolute Gasteiger partial charge is 0.485 e. The highest BCUT2D eigenvalue weighted by Gasteiger charge is 2.32. The molecule has 0 bridgehead atoms. The molecule has 0 fully saturated rings. The summed E-state index contributed by atoms with van der Waals surface area (Å²) in [6.07, 6.45) is -0.424. The predicted molar refractivity (Wildman–Crippen MR) is 72.5 cm³/mol. The third-order valence-electron chi connectivity index (χ3n) is 3.74. The Labute approximate surface area is 120 Å². The van der Waals surface area contributed by atoms with Gasteiger partial charge in [0, 0.05) is 18.0 Å². The van der Waals surface area contributed by atoms with E-state index in [1.165, 1.54) is 36.4 Å². The Hall–Kier alpha value is -2.01. The van der Waals surface area contributed by atoms with Crippen molar-refractivity contribution in [3.8, 4) is 5.75 Å². The van der Waals surface area contributed by atoms with Crippen molar-refractivity contribution < 1.29 is 17.9 Å². The number of rotatable bonds is 2. The van der Waals surface area contributed by atoms with Crippen LogP contribution in [0.25, 0.3) is 0 Å². The Morgan fingerprint density at radius 3 is 2.48 bits per heavy atom. The zero-order chi connectivity index (χ0) is 15.0. The van der Waals surface area contributed by atoms with Crippen LogP contribution < -0.4 is 10.1 Å². The summed E-state index contributed by atoms with van der Waals surface area (Å²) in [6, 6.07) is 7.63. The van der Waals surface area contributed by atoms with Gasteiger partial charge in [0.05, 0.1) is 5.56 Å². The van der Waals surface area contributed by atoms with Crippen molar-refractivity contribution in [3.05, 3.63) is 65.0 Å². The lowest BCUT2D eigenvalue weighted by Gasteiger charge is -2.32. The van der Waals surface area contributed by atoms with E-state index in [1.54, 1.807) is 7.05 Å². The Balaban J connectivity index is 2.03. The molecule has 1 N–H and O–H groups in total. The van der Waals surface area contributed by atoms with Gasteiger partial charge in [-0.1, -0.05) is 6.07 Å². The summed E-state index contributed by atoms with van der Waals surface area (Å²) in [5.41, 5.74) is 0.568. The normalized spacial score (nSPS) is 20.8. The first kappa shape index (κ1) is 13.9. The van der Waals surface area contributed by atoms with Crippen LogP contribution in [0.1, 0.15) is 29.7 Å². The lowest BCUT2D eigenvalue weighted by Crippen LogP contribution is -2.27. The van der Waals surface area contributed by atoms with E-state index in [2.05, 4.69) is 5.32 Å². The molecule has 0 aromatic heterocycles. The number of halogens is 3. The maximum Gasteiger partial charge on any atom is 0.133 e. The molecule has 1 heterocycles. The fourth-order valence-corrected chi connectivity index (χ4v) is 2.71. The van der Waals surface area contributed by atoms with Crippen LogP contribution in [0.15, 0.2) is 36.4 Å². The van der Waals surface area contributed by atoms with Crippen LogP contribution in [-0.4, -0.2) is 7.05 Å². The van der Waals surface area contributed by atoms with Crippen LogP contribution in [-0.2, 0) is 0 Å². The highest BCUT2D eigenvalue weighted by molar-refractivity contribution is 5.40. The molecule has 2 atom stereocenters. The van der Waals surface area contributed by atoms with E-state index in [1.807, 2.05) is 0 Å². The second-order valence-electron chi connectivity index (χ2n) is 5.00. The summed E-state index contributed by atoms with van der Waals surface area (Å²) >= 11 is 0. The molecule has 3 rings (SSSR count). The summed E-state index contributed by atoms with van der Waals surface area (Å²) in [6.45, 7) is 0. The van der Waals surface area contributed by atoms with E-state index < -0.39 is 17.7 Å². The van der Waals surface area contributed by atoms with Crippen molar-refractivity contribution in [1.82, 2.24) is 5.32 Å². The summed E-state index contributed by atoms with van der Waals surface area (Å²) in [5.74, 6) is -1.20. The van der Waals surface area contributed by atoms with Crippen LogP contribution in [0.4, 0.5) is 13.2 Å². The van der Waals surface area contributed by atoms with Gasteiger partial charge in [-0.05, 0) is 37.4 Å². The summed E-state index contributed by atoms with van der Waals surface area (Å²) < 4.78 is 46.8. The second kappa shape index (κ2) is 5.41. The van der Waals surface area contributed by atoms with Crippen LogP contribution in [0, 0.1) is 17.5 Å². The molecule has 110 valence electrons. The van der Waals surface area contributed by atoms with Gasteiger partial charge in [0.25, 0.3) is 0 Å². The average molecular weight is 293 g/mol. The first-order valence-corrected chi connectivity index (χ1v) is 6.67. The fraction of sp³-hybridized carbons (Fsp3) is 0.250. The van der Waals surface area contributed by atoms with Crippen LogP contribution in [0.3, 0.4) is 0 Å². The first-order chi connectivity index (χ1) is 10.1. The van der Waals surface area contributed by atoms with E-state index in [0.717, 1.165) is 0 Å². The number of hydrogen-bond donors (Lipinski definition) is 1. The zero-order valence-corrected chi connectivity index (χ0v) is 11.4. The third kappa shape index (κ3) is 2.49. The van der Waals surface area contributed by atoms with Crippen LogP contribution in [0.5, 0.6) is 5.75 Å². The van der Waals surface area contributed by atoms with E-state index in [4.69, 9.17) is 4.74 Å². The molecule has 2 nitrogen and oxygen atoms in total. The molecule has 0 aliphatic carbocycles. The molecule has 0 radical (unpaired) electrons. The van der Waals surface area contributed by atoms with Crippen molar-refractivity contribution in [3.63, 3.8) is 0 Å². The predicted octanol–water partition coefficient (Wildman–Crippen LogP) is 3.89. The molecule has 2 aromatic rings. The van der Waals surface area contributed by atoms with Crippen LogP contribution in [0.2, 0.25) is 0 Å². The van der Waals surface area contributed by atoms with E-state index in [0.29, 0.717) is 17.7 Å². The number of fused-ring (bicyclic) bond motifs is 1. The molecule has 2 aromatic carbocycles. The standard InChI is InChI=1S/C16H14F3NO/c1-20-13-8-15(16-11(18)3-2-4-12(16)19)21-14-6-5-9(17)7-10(13)14/h2-7,13,15,20H,8H2,1H3. The van der Waals surface area contributed by atoms with Crippen molar-refractivity contribution >= 4 is 0 Å². The van der Waals surface area contributed by atoms with Crippen molar-refractivity contribution in [2.24, 2.45) is 0 Å². The SMILES string of the molecule is CNC1CC(c2c(F)cccc2F)Oc2ccc(F)cc21. The topological polar surface area (TPSA) is 21.3 Å². The third-order valence-corrected chi connectivity index (χ3v) is 3.74. The van der Waals surface area contributed by atoms with Gasteiger partial charge in [-0.15, -0.1) is 0 Å². The van der Waals surface area contributed by atoms with Gasteiger partial charge in [0.15, 0.2) is 0 Å². The Bertz CT molecular complexity index is 654. The molecule has 0 spiro atoms. The van der Waals surface area contributed by atoms with Crippen molar-refractivity contribution in [1.29, 1.82) is 0 Å². The highest BCUT2D eigenvalue weighted by Crippen LogP contribution is 2.42. The Morgan fingerprint density at radius 2 is 1.81 bits per heavy atom. The van der Waals surface area contributed by atoms with E-state index >= 15 is 0 Å². The highest BCUT2D eigenvalue weighted by atomic mass is 19.1. The minimum absolute atomic E-state index is 0.0901. The van der Waals surface area contributed by atoms with Gasteiger partial charge in [-0.2, -0.15) is 0 Å². The zero-order valence-electron chi connectivity index (χ0n) is 11.4. The summed E-state index contributed by atoms with van der Waals surface area (Å²) in [4.78, 5) is 0. The van der Waals surface area contributed by atoms with Gasteiger partial charge in [0.1, 0.15) is 29.3 Å². The number of hydrogen-bond acceptors (Lipinski definition) is 2. The first-order valence-electron chi connectivity index (χ1n) is 6.67. The molecule has 0 amide bonds. The summed E-state index contributed by atoms with van der Waals surface area (Å²) in [5, 5.41) is 3.03. The molecule has 21 heavy (non-hydrogen) atoms. The molecule has 1 aliphatic heterocycles. The Morgan fingerprint density at radius 1 is 1.10 bits per heavy atom. The molecular formula is C16H14F3NO. The van der Waals surface area contributed by atoms with Crippen LogP contribution >= 0.6 is 0 Å². The van der Waals surface area contributed by atoms with Gasteiger partial charge in [-0.25, -0.2) is 13.2 Å². The molecule has 1 aliphatic rings. The van der Waals surface area contributed by atoms with Crippen molar-refractivity contribution in [2.45, 2.75) is 18.6 Å². The van der Waals surface area contributed by atoms with Gasteiger partial charge in [0.2, 0.25) is 0 Å². The van der Waals surface area contributed by atoms with E-state index in [-0.39, 0.29) is 17.4 Å². The smallest absolute Gasteiger partial charge is 0.133 e. The molecule has 5 heteroatoms. The summed E-state index contributed by atoms with van der Waals surface area (Å²) in [7, 11) is 1.72. The maximum absolute atomic E-state index is 13.9. The number of nitrogens with one attached hydrogen (secondary N) is 1. The molecule has 0 saturated heterocycles. The number of benzene rings is 2. The molecular weight excluding hydrogens is 279 g/mol. The van der Waals surface area contributed by atoms with Gasteiger partial charge < -0.3 is 10.1 Å². The molecule has 0 saturated carbocycles. The monoisotopic (exact) mass is 293 g/mol. The van der Waals surface area contributed by atoms with Gasteiger partial charge >= 0.3 is 0 Å². The minimum Gasteiger partial charge on any atom is -0.485 e. The second-order valence-corrected chi connectivity index (χ2v) is 5.00. The van der Waals surface area contributed by atoms with Crippen molar-refractivity contribution in [2.75, 3.05) is 7.05 Å². The lowest BCUT2D eigenvalue weighted by molar-refractivity contribution is 0.145. The minimum atomic E-state index is -0.749. The average Bonchev–Trinajstić information content (AvgIpc) is 2.46. The quantitative estimate of drug-likeness (QED) is 0.907. The Kier molecular flexibility index (Phi) is 3.59. The van der Waals surface area contributed by atoms with Gasteiger partial charge in [-0.3, -0.25) is 0 Å². The fourth-order valence-electron chi connectivity index (χ4n) is 2.71.